The van der Waals surface area contributed by atoms with Crippen molar-refractivity contribution in [2.45, 2.75) is 0 Å². The first-order valence-corrected chi connectivity index (χ1v) is 5.50. The van der Waals surface area contributed by atoms with Crippen LogP contribution in [0.15, 0.2) is 67.0 Å². The molecule has 1 aliphatic rings. The van der Waals surface area contributed by atoms with Crippen molar-refractivity contribution in [3.05, 3.63) is 78.1 Å². The molecule has 0 spiro atoms. The number of benzene rings is 1. The molecular weight excluding hydrogens is 226 g/mol. The van der Waals surface area contributed by atoms with Gasteiger partial charge in [0.25, 0.3) is 0 Å². The summed E-state index contributed by atoms with van der Waals surface area (Å²) in [6.45, 7) is 0. The molecule has 0 saturated heterocycles. The van der Waals surface area contributed by atoms with E-state index in [0.29, 0.717) is 11.1 Å². The second-order valence-electron chi connectivity index (χ2n) is 3.63. The number of carbonyl (C=O) groups is 2. The summed E-state index contributed by atoms with van der Waals surface area (Å²) in [6, 6.07) is 12.6. The lowest BCUT2D eigenvalue weighted by Gasteiger charge is -2.06. The lowest BCUT2D eigenvalue weighted by molar-refractivity contribution is 0.0994. The highest BCUT2D eigenvalue weighted by molar-refractivity contribution is 6.21. The van der Waals surface area contributed by atoms with Crippen molar-refractivity contribution < 1.29 is 9.59 Å². The van der Waals surface area contributed by atoms with Gasteiger partial charge in [-0.3, -0.25) is 14.6 Å². The van der Waals surface area contributed by atoms with Crippen molar-refractivity contribution >= 4 is 11.6 Å². The van der Waals surface area contributed by atoms with E-state index in [1.807, 2.05) is 18.2 Å². The lowest BCUT2D eigenvalue weighted by atomic mass is 9.95. The van der Waals surface area contributed by atoms with Gasteiger partial charge in [-0.1, -0.05) is 30.3 Å². The number of allylic oxidation sites excluding steroid dienone is 2. The number of hydrogen-bond acceptors (Lipinski definition) is 3. The molecule has 2 aromatic rings. The number of hydrogen-bond donors (Lipinski definition) is 0. The fraction of sp³-hybridized carbons (Fsp3) is 0. The fourth-order valence-corrected chi connectivity index (χ4v) is 1.56. The van der Waals surface area contributed by atoms with Gasteiger partial charge in [-0.15, -0.1) is 0 Å². The van der Waals surface area contributed by atoms with Gasteiger partial charge >= 0.3 is 0 Å². The van der Waals surface area contributed by atoms with E-state index in [4.69, 9.17) is 0 Å². The van der Waals surface area contributed by atoms with Gasteiger partial charge in [-0.05, 0) is 24.3 Å². The van der Waals surface area contributed by atoms with Crippen LogP contribution in [-0.4, -0.2) is 16.6 Å². The molecule has 0 N–H and O–H groups in total. The summed E-state index contributed by atoms with van der Waals surface area (Å²) in [6.07, 6.45) is 6.12. The van der Waals surface area contributed by atoms with Gasteiger partial charge in [0.1, 0.15) is 0 Å². The Labute approximate surface area is 105 Å². The van der Waals surface area contributed by atoms with Gasteiger partial charge < -0.3 is 0 Å². The van der Waals surface area contributed by atoms with Gasteiger partial charge in [0.2, 0.25) is 0 Å². The van der Waals surface area contributed by atoms with E-state index in [0.717, 1.165) is 0 Å². The van der Waals surface area contributed by atoms with Crippen LogP contribution in [-0.2, 0) is 0 Å². The Bertz CT molecular complexity index is 525. The Kier molecular flexibility index (Phi) is 3.76. The molecule has 0 fully saturated rings. The van der Waals surface area contributed by atoms with Gasteiger partial charge in [0.15, 0.2) is 11.6 Å². The number of aromatic nitrogens is 1. The standard InChI is InChI=1S/C10H6O2.C5H5N/c11-9-5-6-10(12)8-4-2-1-3-7(8)9;1-2-4-6-5-3-1/h1-6H;1-5H. The molecule has 0 amide bonds. The summed E-state index contributed by atoms with van der Waals surface area (Å²) in [5.41, 5.74) is 1.01. The molecule has 0 unspecified atom stereocenters. The third-order valence-electron chi connectivity index (χ3n) is 2.41. The monoisotopic (exact) mass is 237 g/mol. The number of rotatable bonds is 0. The first kappa shape index (κ1) is 11.9. The minimum Gasteiger partial charge on any atom is -0.289 e. The highest BCUT2D eigenvalue weighted by Gasteiger charge is 2.16. The molecule has 3 heteroatoms. The van der Waals surface area contributed by atoms with Crippen LogP contribution >= 0.6 is 0 Å². The van der Waals surface area contributed by atoms with Crippen molar-refractivity contribution in [2.24, 2.45) is 0 Å². The predicted molar refractivity (Wildman–Crippen MR) is 68.5 cm³/mol. The average molecular weight is 237 g/mol. The summed E-state index contributed by atoms with van der Waals surface area (Å²) in [4.78, 5) is 26.2. The van der Waals surface area contributed by atoms with Crippen molar-refractivity contribution in [3.8, 4) is 0 Å². The zero-order valence-corrected chi connectivity index (χ0v) is 9.61. The Hall–Kier alpha value is -2.55. The molecule has 3 rings (SSSR count). The maximum absolute atomic E-state index is 11.2. The van der Waals surface area contributed by atoms with Crippen LogP contribution < -0.4 is 0 Å². The van der Waals surface area contributed by atoms with Crippen molar-refractivity contribution in [2.75, 3.05) is 0 Å². The molecular formula is C15H11NO2. The zero-order chi connectivity index (χ0) is 12.8. The second kappa shape index (κ2) is 5.68. The first-order chi connectivity index (χ1) is 8.79. The Morgan fingerprint density at radius 3 is 1.50 bits per heavy atom. The minimum atomic E-state index is -0.0924. The van der Waals surface area contributed by atoms with Gasteiger partial charge in [-0.25, -0.2) is 0 Å². The third kappa shape index (κ3) is 2.77. The molecule has 1 aromatic carbocycles. The average Bonchev–Trinajstić information content (AvgIpc) is 2.46. The van der Waals surface area contributed by atoms with E-state index in [-0.39, 0.29) is 11.6 Å². The number of pyridine rings is 1. The van der Waals surface area contributed by atoms with Crippen molar-refractivity contribution in [1.29, 1.82) is 0 Å². The number of ketones is 2. The summed E-state index contributed by atoms with van der Waals surface area (Å²) in [5, 5.41) is 0. The molecule has 88 valence electrons. The summed E-state index contributed by atoms with van der Waals surface area (Å²) < 4.78 is 0. The molecule has 0 atom stereocenters. The third-order valence-corrected chi connectivity index (χ3v) is 2.41. The van der Waals surface area contributed by atoms with Crippen molar-refractivity contribution in [1.82, 2.24) is 4.98 Å². The van der Waals surface area contributed by atoms with Crippen LogP contribution in [0.5, 0.6) is 0 Å². The molecule has 1 aliphatic carbocycles. The normalized spacial score (nSPS) is 12.4. The van der Waals surface area contributed by atoms with E-state index in [1.54, 1.807) is 36.7 Å². The second-order valence-corrected chi connectivity index (χ2v) is 3.63. The quantitative estimate of drug-likeness (QED) is 0.707. The molecule has 0 aliphatic heterocycles. The SMILES string of the molecule is O=C1C=CC(=O)c2ccccc21.c1ccncc1. The van der Waals surface area contributed by atoms with Crippen LogP contribution in [0, 0.1) is 0 Å². The predicted octanol–water partition coefficient (Wildman–Crippen LogP) is 2.70. The van der Waals surface area contributed by atoms with Gasteiger partial charge in [0.05, 0.1) is 0 Å². The van der Waals surface area contributed by atoms with E-state index in [1.165, 1.54) is 12.2 Å². The molecule has 3 nitrogen and oxygen atoms in total. The number of nitrogens with zero attached hydrogens (tertiary/aromatic N) is 1. The molecule has 0 radical (unpaired) electrons. The van der Waals surface area contributed by atoms with Gasteiger partial charge in [-0.2, -0.15) is 0 Å². The van der Waals surface area contributed by atoms with E-state index in [2.05, 4.69) is 4.98 Å². The minimum absolute atomic E-state index is 0.0924. The van der Waals surface area contributed by atoms with E-state index in [9.17, 15) is 9.59 Å². The number of fused-ring (bicyclic) bond motifs is 1. The summed E-state index contributed by atoms with van der Waals surface area (Å²) in [5.74, 6) is -0.185. The maximum atomic E-state index is 11.2. The van der Waals surface area contributed by atoms with Gasteiger partial charge in [0, 0.05) is 23.5 Å². The Morgan fingerprint density at radius 2 is 1.17 bits per heavy atom. The topological polar surface area (TPSA) is 47.0 Å². The molecule has 1 aromatic heterocycles. The Morgan fingerprint density at radius 1 is 0.667 bits per heavy atom. The van der Waals surface area contributed by atoms with E-state index < -0.39 is 0 Å². The maximum Gasteiger partial charge on any atom is 0.186 e. The van der Waals surface area contributed by atoms with Crippen LogP contribution in [0.25, 0.3) is 0 Å². The highest BCUT2D eigenvalue weighted by Crippen LogP contribution is 2.15. The summed E-state index contributed by atoms with van der Waals surface area (Å²) >= 11 is 0. The molecule has 18 heavy (non-hydrogen) atoms. The van der Waals surface area contributed by atoms with Crippen LogP contribution in [0.3, 0.4) is 0 Å². The number of carbonyl (C=O) groups excluding carboxylic acids is 2. The summed E-state index contributed by atoms with van der Waals surface area (Å²) in [7, 11) is 0. The van der Waals surface area contributed by atoms with E-state index >= 15 is 0 Å². The highest BCUT2D eigenvalue weighted by atomic mass is 16.1. The Balaban J connectivity index is 0.000000169. The van der Waals surface area contributed by atoms with Crippen LogP contribution in [0.2, 0.25) is 0 Å². The molecule has 0 bridgehead atoms. The van der Waals surface area contributed by atoms with Crippen LogP contribution in [0.1, 0.15) is 20.7 Å². The zero-order valence-electron chi connectivity index (χ0n) is 9.61. The fourth-order valence-electron chi connectivity index (χ4n) is 1.56. The van der Waals surface area contributed by atoms with Crippen LogP contribution in [0.4, 0.5) is 0 Å². The smallest absolute Gasteiger partial charge is 0.186 e. The molecule has 1 heterocycles. The largest absolute Gasteiger partial charge is 0.289 e. The first-order valence-electron chi connectivity index (χ1n) is 5.50. The lowest BCUT2D eigenvalue weighted by Crippen LogP contribution is -2.10. The van der Waals surface area contributed by atoms with Crippen molar-refractivity contribution in [3.63, 3.8) is 0 Å². The molecule has 0 saturated carbocycles.